The summed E-state index contributed by atoms with van der Waals surface area (Å²) >= 11 is 6.19. The van der Waals surface area contributed by atoms with Crippen LogP contribution in [0.5, 0.6) is 5.75 Å². The van der Waals surface area contributed by atoms with Crippen LogP contribution in [-0.2, 0) is 6.54 Å². The standard InChI is InChI=1S/C21H18ClN5O2/c1-29-17-8-6-14(7-9-17)19-10-20(26-25-19)21(28)24-16-11-23-27(13-16)12-15-4-2-3-5-18(15)22/h2-11,13H,12H2,1H3,(H,24,28)(H,25,26). The van der Waals surface area contributed by atoms with Gasteiger partial charge in [0.1, 0.15) is 11.4 Å². The highest BCUT2D eigenvalue weighted by molar-refractivity contribution is 6.31. The van der Waals surface area contributed by atoms with Crippen LogP contribution in [0.2, 0.25) is 5.02 Å². The third-order valence-electron chi connectivity index (χ3n) is 4.39. The second-order valence-corrected chi connectivity index (χ2v) is 6.77. The number of aromatic amines is 1. The number of benzene rings is 2. The number of hydrogen-bond donors (Lipinski definition) is 2. The summed E-state index contributed by atoms with van der Waals surface area (Å²) in [7, 11) is 1.61. The lowest BCUT2D eigenvalue weighted by atomic mass is 10.1. The number of carbonyl (C=O) groups is 1. The minimum Gasteiger partial charge on any atom is -0.497 e. The van der Waals surface area contributed by atoms with Crippen molar-refractivity contribution in [2.24, 2.45) is 0 Å². The van der Waals surface area contributed by atoms with Crippen LogP contribution in [0.4, 0.5) is 5.69 Å². The molecule has 8 heteroatoms. The zero-order chi connectivity index (χ0) is 20.2. The van der Waals surface area contributed by atoms with Gasteiger partial charge in [-0.05, 0) is 42.0 Å². The summed E-state index contributed by atoms with van der Waals surface area (Å²) in [5, 5.41) is 14.7. The number of H-pyrrole nitrogens is 1. The van der Waals surface area contributed by atoms with Crippen LogP contribution in [0.15, 0.2) is 67.0 Å². The minimum atomic E-state index is -0.297. The van der Waals surface area contributed by atoms with Gasteiger partial charge in [0.15, 0.2) is 0 Å². The molecule has 0 fully saturated rings. The van der Waals surface area contributed by atoms with Crippen LogP contribution in [0.25, 0.3) is 11.3 Å². The van der Waals surface area contributed by atoms with E-state index in [-0.39, 0.29) is 5.91 Å². The Hall–Kier alpha value is -3.58. The lowest BCUT2D eigenvalue weighted by Gasteiger charge is -2.04. The average molecular weight is 408 g/mol. The quantitative estimate of drug-likeness (QED) is 0.500. The largest absolute Gasteiger partial charge is 0.497 e. The fraction of sp³-hybridized carbons (Fsp3) is 0.0952. The van der Waals surface area contributed by atoms with Gasteiger partial charge in [-0.15, -0.1) is 0 Å². The van der Waals surface area contributed by atoms with Gasteiger partial charge in [0.05, 0.1) is 31.2 Å². The van der Waals surface area contributed by atoms with Crippen molar-refractivity contribution < 1.29 is 9.53 Å². The van der Waals surface area contributed by atoms with Crippen molar-refractivity contribution in [1.29, 1.82) is 0 Å². The zero-order valence-corrected chi connectivity index (χ0v) is 16.3. The van der Waals surface area contributed by atoms with E-state index in [1.165, 1.54) is 0 Å². The summed E-state index contributed by atoms with van der Waals surface area (Å²) in [5.41, 5.74) is 3.45. The summed E-state index contributed by atoms with van der Waals surface area (Å²) in [6.07, 6.45) is 3.34. The Morgan fingerprint density at radius 3 is 2.76 bits per heavy atom. The number of aromatic nitrogens is 4. The normalized spacial score (nSPS) is 10.7. The molecule has 2 heterocycles. The highest BCUT2D eigenvalue weighted by Gasteiger charge is 2.13. The molecule has 2 N–H and O–H groups in total. The fourth-order valence-corrected chi connectivity index (χ4v) is 3.06. The molecule has 4 rings (SSSR count). The maximum Gasteiger partial charge on any atom is 0.273 e. The molecular formula is C21H18ClN5O2. The van der Waals surface area contributed by atoms with Crippen molar-refractivity contribution in [1.82, 2.24) is 20.0 Å². The van der Waals surface area contributed by atoms with Crippen LogP contribution in [0, 0.1) is 0 Å². The minimum absolute atomic E-state index is 0.297. The third-order valence-corrected chi connectivity index (χ3v) is 4.76. The first-order chi connectivity index (χ1) is 14.1. The van der Waals surface area contributed by atoms with E-state index in [0.29, 0.717) is 28.6 Å². The maximum absolute atomic E-state index is 12.5. The first-order valence-electron chi connectivity index (χ1n) is 8.89. The molecule has 0 aliphatic carbocycles. The molecule has 0 atom stereocenters. The average Bonchev–Trinajstić information content (AvgIpc) is 3.40. The van der Waals surface area contributed by atoms with Gasteiger partial charge >= 0.3 is 0 Å². The number of nitrogens with one attached hydrogen (secondary N) is 2. The van der Waals surface area contributed by atoms with Crippen LogP contribution in [0.3, 0.4) is 0 Å². The van der Waals surface area contributed by atoms with Crippen LogP contribution < -0.4 is 10.1 Å². The van der Waals surface area contributed by atoms with E-state index in [9.17, 15) is 4.79 Å². The summed E-state index contributed by atoms with van der Waals surface area (Å²) in [6, 6.07) is 16.7. The molecule has 2 aromatic heterocycles. The number of carbonyl (C=O) groups excluding carboxylic acids is 1. The van der Waals surface area contributed by atoms with Crippen molar-refractivity contribution in [3.8, 4) is 17.0 Å². The molecule has 0 saturated carbocycles. The summed E-state index contributed by atoms with van der Waals surface area (Å²) in [5.74, 6) is 0.464. The first kappa shape index (κ1) is 18.8. The number of nitrogens with zero attached hydrogens (tertiary/aromatic N) is 3. The predicted molar refractivity (Wildman–Crippen MR) is 111 cm³/mol. The topological polar surface area (TPSA) is 84.8 Å². The second kappa shape index (κ2) is 8.20. The lowest BCUT2D eigenvalue weighted by molar-refractivity contribution is 0.102. The molecule has 7 nitrogen and oxygen atoms in total. The monoisotopic (exact) mass is 407 g/mol. The summed E-state index contributed by atoms with van der Waals surface area (Å²) in [6.45, 7) is 0.515. The molecule has 0 saturated heterocycles. The molecule has 4 aromatic rings. The molecule has 0 aliphatic rings. The molecule has 0 aliphatic heterocycles. The number of rotatable bonds is 6. The van der Waals surface area contributed by atoms with Gasteiger partial charge in [-0.3, -0.25) is 14.6 Å². The molecule has 0 radical (unpaired) electrons. The Kier molecular flexibility index (Phi) is 5.31. The Balaban J connectivity index is 1.43. The lowest BCUT2D eigenvalue weighted by Crippen LogP contribution is -2.11. The molecule has 0 bridgehead atoms. The van der Waals surface area contributed by atoms with Crippen molar-refractivity contribution >= 4 is 23.2 Å². The molecule has 146 valence electrons. The number of anilines is 1. The van der Waals surface area contributed by atoms with E-state index in [1.54, 1.807) is 30.3 Å². The molecule has 0 spiro atoms. The van der Waals surface area contributed by atoms with Crippen molar-refractivity contribution in [3.05, 3.63) is 83.3 Å². The molecule has 2 aromatic carbocycles. The van der Waals surface area contributed by atoms with Crippen molar-refractivity contribution in [2.45, 2.75) is 6.54 Å². The Morgan fingerprint density at radius 1 is 1.21 bits per heavy atom. The van der Waals surface area contributed by atoms with Crippen LogP contribution >= 0.6 is 11.6 Å². The highest BCUT2D eigenvalue weighted by atomic mass is 35.5. The highest BCUT2D eigenvalue weighted by Crippen LogP contribution is 2.22. The number of hydrogen-bond acceptors (Lipinski definition) is 4. The number of methoxy groups -OCH3 is 1. The van der Waals surface area contributed by atoms with E-state index in [0.717, 1.165) is 16.9 Å². The smallest absolute Gasteiger partial charge is 0.273 e. The maximum atomic E-state index is 12.5. The van der Waals surface area contributed by atoms with E-state index in [1.807, 2.05) is 48.5 Å². The van der Waals surface area contributed by atoms with Gasteiger partial charge in [-0.25, -0.2) is 0 Å². The van der Waals surface area contributed by atoms with Crippen molar-refractivity contribution in [2.75, 3.05) is 12.4 Å². The van der Waals surface area contributed by atoms with Gasteiger partial charge in [-0.2, -0.15) is 10.2 Å². The van der Waals surface area contributed by atoms with Gasteiger partial charge in [-0.1, -0.05) is 29.8 Å². The van der Waals surface area contributed by atoms with Gasteiger partial charge in [0, 0.05) is 16.8 Å². The second-order valence-electron chi connectivity index (χ2n) is 6.37. The number of halogens is 1. The molecule has 1 amide bonds. The number of ether oxygens (including phenoxy) is 1. The first-order valence-corrected chi connectivity index (χ1v) is 9.27. The SMILES string of the molecule is COc1ccc(-c2cc(C(=O)Nc3cnn(Cc4ccccc4Cl)c3)[nH]n2)cc1. The number of amides is 1. The van der Waals surface area contributed by atoms with E-state index < -0.39 is 0 Å². The van der Waals surface area contributed by atoms with Crippen molar-refractivity contribution in [3.63, 3.8) is 0 Å². The Morgan fingerprint density at radius 2 is 2.00 bits per heavy atom. The van der Waals surface area contributed by atoms with Gasteiger partial charge in [0.2, 0.25) is 0 Å². The molecule has 29 heavy (non-hydrogen) atoms. The van der Waals surface area contributed by atoms with Crippen LogP contribution in [-0.4, -0.2) is 33.0 Å². The fourth-order valence-electron chi connectivity index (χ4n) is 2.86. The van der Waals surface area contributed by atoms with Crippen LogP contribution in [0.1, 0.15) is 16.1 Å². The summed E-state index contributed by atoms with van der Waals surface area (Å²) < 4.78 is 6.87. The predicted octanol–water partition coefficient (Wildman–Crippen LogP) is 4.24. The Labute approximate surface area is 172 Å². The van der Waals surface area contributed by atoms with E-state index in [4.69, 9.17) is 16.3 Å². The van der Waals surface area contributed by atoms with Gasteiger partial charge < -0.3 is 10.1 Å². The third kappa shape index (κ3) is 4.30. The molecule has 0 unspecified atom stereocenters. The van der Waals surface area contributed by atoms with E-state index in [2.05, 4.69) is 20.6 Å². The molecular weight excluding hydrogens is 390 g/mol. The zero-order valence-electron chi connectivity index (χ0n) is 15.6. The van der Waals surface area contributed by atoms with Gasteiger partial charge in [0.25, 0.3) is 5.91 Å². The Bertz CT molecular complexity index is 1130. The summed E-state index contributed by atoms with van der Waals surface area (Å²) in [4.78, 5) is 12.5. The van der Waals surface area contributed by atoms with E-state index >= 15 is 0 Å².